The summed E-state index contributed by atoms with van der Waals surface area (Å²) >= 11 is 5.90. The van der Waals surface area contributed by atoms with E-state index in [0.29, 0.717) is 36.5 Å². The Morgan fingerprint density at radius 3 is 2.94 bits per heavy atom. The third kappa shape index (κ3) is 4.76. The number of rotatable bonds is 7. The maximum absolute atomic E-state index is 14.9. The van der Waals surface area contributed by atoms with Crippen molar-refractivity contribution >= 4 is 34.4 Å². The average Bonchev–Trinajstić information content (AvgIpc) is 3.47. The summed E-state index contributed by atoms with van der Waals surface area (Å²) in [5.41, 5.74) is -0.0171. The first-order valence-electron chi connectivity index (χ1n) is 11.6. The van der Waals surface area contributed by atoms with Crippen LogP contribution in [0.2, 0.25) is 5.15 Å². The maximum atomic E-state index is 14.9. The molecule has 0 aromatic carbocycles. The summed E-state index contributed by atoms with van der Waals surface area (Å²) in [6.07, 6.45) is 2.50. The molecular weight excluding hydrogens is 481 g/mol. The monoisotopic (exact) mass is 505 g/mol. The Hall–Kier alpha value is -3.01. The Balaban J connectivity index is 1.35. The van der Waals surface area contributed by atoms with Crippen molar-refractivity contribution in [3.05, 3.63) is 17.2 Å². The molecule has 186 valence electrons. The van der Waals surface area contributed by atoms with E-state index in [1.54, 1.807) is 0 Å². The number of fused-ring (bicyclic) bond motifs is 3. The smallest absolute Gasteiger partial charge is 0.407 e. The van der Waals surface area contributed by atoms with Crippen molar-refractivity contribution in [2.45, 2.75) is 37.5 Å². The van der Waals surface area contributed by atoms with Crippen LogP contribution in [0.4, 0.5) is 15.0 Å². The largest absolute Gasteiger partial charge is 0.465 e. The van der Waals surface area contributed by atoms with Crippen LogP contribution in [0.15, 0.2) is 6.20 Å². The van der Waals surface area contributed by atoms with Gasteiger partial charge in [0.1, 0.15) is 11.3 Å². The Kier molecular flexibility index (Phi) is 6.73. The molecule has 1 N–H and O–H groups in total. The Bertz CT molecular complexity index is 1160. The summed E-state index contributed by atoms with van der Waals surface area (Å²) in [7, 11) is 0. The fourth-order valence-electron chi connectivity index (χ4n) is 5.07. The maximum Gasteiger partial charge on any atom is 0.407 e. The molecule has 3 atom stereocenters. The topological polar surface area (TPSA) is 128 Å². The molecular formula is C22H25ClFN7O4. The van der Waals surface area contributed by atoms with Crippen LogP contribution in [-0.4, -0.2) is 100 Å². The number of piperazine rings is 1. The first-order chi connectivity index (χ1) is 16.9. The third-order valence-electron chi connectivity index (χ3n) is 6.79. The minimum absolute atomic E-state index is 0.0115. The Labute approximate surface area is 206 Å². The fraction of sp³-hybridized carbons (Fsp3) is 0.591. The van der Waals surface area contributed by atoms with E-state index < -0.39 is 18.0 Å². The van der Waals surface area contributed by atoms with Crippen LogP contribution in [0.5, 0.6) is 6.01 Å². The van der Waals surface area contributed by atoms with Gasteiger partial charge in [-0.3, -0.25) is 4.90 Å². The number of ether oxygens (including phenoxy) is 2. The lowest BCUT2D eigenvalue weighted by atomic mass is 10.1. The van der Waals surface area contributed by atoms with Crippen LogP contribution in [0, 0.1) is 17.1 Å². The highest BCUT2D eigenvalue weighted by molar-refractivity contribution is 6.30. The number of hydrogen-bond donors (Lipinski definition) is 1. The number of hydrogen-bond acceptors (Lipinski definition) is 9. The summed E-state index contributed by atoms with van der Waals surface area (Å²) in [5, 5.41) is 18.7. The molecule has 13 heteroatoms. The minimum atomic E-state index is -1.08. The predicted molar refractivity (Wildman–Crippen MR) is 123 cm³/mol. The van der Waals surface area contributed by atoms with Crippen molar-refractivity contribution in [2.24, 2.45) is 0 Å². The molecule has 35 heavy (non-hydrogen) atoms. The highest BCUT2D eigenvalue weighted by atomic mass is 35.5. The van der Waals surface area contributed by atoms with Crippen LogP contribution in [-0.2, 0) is 4.74 Å². The molecule has 5 rings (SSSR count). The Morgan fingerprint density at radius 2 is 2.23 bits per heavy atom. The van der Waals surface area contributed by atoms with Gasteiger partial charge in [0.05, 0.1) is 43.2 Å². The van der Waals surface area contributed by atoms with Crippen molar-refractivity contribution in [3.63, 3.8) is 0 Å². The molecule has 2 aromatic heterocycles. The molecule has 3 fully saturated rings. The van der Waals surface area contributed by atoms with Crippen molar-refractivity contribution in [1.29, 1.82) is 5.26 Å². The molecule has 3 aliphatic heterocycles. The molecule has 11 nitrogen and oxygen atoms in total. The van der Waals surface area contributed by atoms with E-state index in [1.165, 1.54) is 11.1 Å². The summed E-state index contributed by atoms with van der Waals surface area (Å²) in [6.45, 7) is 3.63. The molecule has 0 saturated carbocycles. The lowest BCUT2D eigenvalue weighted by Crippen LogP contribution is -2.55. The predicted octanol–water partition coefficient (Wildman–Crippen LogP) is 2.14. The molecule has 0 spiro atoms. The van der Waals surface area contributed by atoms with E-state index in [2.05, 4.69) is 19.9 Å². The lowest BCUT2D eigenvalue weighted by molar-refractivity contribution is 0.0287. The molecule has 1 amide bonds. The number of carboxylic acid groups (broad SMARTS) is 1. The number of carbonyl (C=O) groups is 1. The normalized spacial score (nSPS) is 24.2. The second kappa shape index (κ2) is 9.93. The zero-order chi connectivity index (χ0) is 24.5. The number of morpholine rings is 1. The zero-order valence-electron chi connectivity index (χ0n) is 18.9. The van der Waals surface area contributed by atoms with Crippen LogP contribution in [0.25, 0.3) is 10.9 Å². The number of amides is 1. The number of nitrogens with zero attached hydrogens (tertiary/aromatic N) is 7. The van der Waals surface area contributed by atoms with Gasteiger partial charge < -0.3 is 24.4 Å². The molecule has 3 aliphatic rings. The van der Waals surface area contributed by atoms with Crippen LogP contribution >= 0.6 is 11.6 Å². The highest BCUT2D eigenvalue weighted by Crippen LogP contribution is 2.32. The van der Waals surface area contributed by atoms with Gasteiger partial charge in [-0.1, -0.05) is 11.6 Å². The van der Waals surface area contributed by atoms with Gasteiger partial charge in [-0.25, -0.2) is 14.2 Å². The van der Waals surface area contributed by atoms with Gasteiger partial charge >= 0.3 is 12.1 Å². The van der Waals surface area contributed by atoms with Gasteiger partial charge in [-0.05, 0) is 12.8 Å². The highest BCUT2D eigenvalue weighted by Gasteiger charge is 2.38. The number of nitriles is 1. The number of aromatic nitrogens is 3. The number of halogens is 2. The SMILES string of the molecule is N#CC[C@H]1CN(c2nc(OCCCN3C[C@@H]4C[C@H]3CO4)nc3c(F)c(Cl)ncc23)CCN1C(=O)O. The number of anilines is 1. The second-order valence-corrected chi connectivity index (χ2v) is 9.29. The molecule has 3 saturated heterocycles. The minimum Gasteiger partial charge on any atom is -0.465 e. The standard InChI is InChI=1S/C22H25ClFN7O4/c23-19-17(24)18-16(9-26-19)20(30-5-6-31(22(32)33)13(10-30)2-3-25)28-21(27-18)34-7-1-4-29-11-15-8-14(29)12-35-15/h9,13-15H,1-2,4-8,10-12H2,(H,32,33)/t13-,14-,15-/m0/s1. The molecule has 0 radical (unpaired) electrons. The van der Waals surface area contributed by atoms with Gasteiger partial charge in [0.25, 0.3) is 0 Å². The van der Waals surface area contributed by atoms with Crippen LogP contribution < -0.4 is 9.64 Å². The van der Waals surface area contributed by atoms with E-state index >= 15 is 0 Å². The van der Waals surface area contributed by atoms with E-state index in [-0.39, 0.29) is 36.2 Å². The molecule has 2 bridgehead atoms. The van der Waals surface area contributed by atoms with E-state index in [0.717, 1.165) is 32.5 Å². The van der Waals surface area contributed by atoms with Crippen molar-refractivity contribution in [3.8, 4) is 12.1 Å². The second-order valence-electron chi connectivity index (χ2n) is 8.93. The first kappa shape index (κ1) is 23.7. The molecule has 2 aromatic rings. The van der Waals surface area contributed by atoms with Gasteiger partial charge in [0, 0.05) is 45.0 Å². The van der Waals surface area contributed by atoms with Gasteiger partial charge in [0.15, 0.2) is 11.0 Å². The van der Waals surface area contributed by atoms with E-state index in [4.69, 9.17) is 21.1 Å². The number of likely N-dealkylation sites (tertiary alicyclic amines) is 1. The third-order valence-corrected chi connectivity index (χ3v) is 7.05. The first-order valence-corrected chi connectivity index (χ1v) is 11.9. The Morgan fingerprint density at radius 1 is 1.37 bits per heavy atom. The van der Waals surface area contributed by atoms with Gasteiger partial charge in [0.2, 0.25) is 0 Å². The van der Waals surface area contributed by atoms with Crippen LogP contribution in [0.1, 0.15) is 19.3 Å². The van der Waals surface area contributed by atoms with E-state index in [9.17, 15) is 19.6 Å². The van der Waals surface area contributed by atoms with E-state index in [1.807, 2.05) is 11.0 Å². The quantitative estimate of drug-likeness (QED) is 0.441. The van der Waals surface area contributed by atoms with Gasteiger partial charge in [-0.15, -0.1) is 0 Å². The summed E-state index contributed by atoms with van der Waals surface area (Å²) < 4.78 is 26.3. The van der Waals surface area contributed by atoms with Crippen molar-refractivity contribution in [2.75, 3.05) is 50.8 Å². The lowest BCUT2D eigenvalue weighted by Gasteiger charge is -2.39. The summed E-state index contributed by atoms with van der Waals surface area (Å²) in [4.78, 5) is 29.7. The van der Waals surface area contributed by atoms with Crippen molar-refractivity contribution in [1.82, 2.24) is 24.8 Å². The van der Waals surface area contributed by atoms with Crippen molar-refractivity contribution < 1.29 is 23.8 Å². The summed E-state index contributed by atoms with van der Waals surface area (Å²) in [6, 6.07) is 1.97. The molecule has 5 heterocycles. The number of pyridine rings is 1. The summed E-state index contributed by atoms with van der Waals surface area (Å²) in [5.74, 6) is -0.404. The van der Waals surface area contributed by atoms with Crippen LogP contribution in [0.3, 0.4) is 0 Å². The van der Waals surface area contributed by atoms with Gasteiger partial charge in [-0.2, -0.15) is 15.2 Å². The average molecular weight is 506 g/mol. The fourth-order valence-corrected chi connectivity index (χ4v) is 5.21. The molecule has 0 unspecified atom stereocenters. The molecule has 0 aliphatic carbocycles. The zero-order valence-corrected chi connectivity index (χ0v) is 19.7.